The molecule has 1 aliphatic heterocycles. The van der Waals surface area contributed by atoms with Crippen molar-refractivity contribution in [3.8, 4) is 0 Å². The lowest BCUT2D eigenvalue weighted by Crippen LogP contribution is -2.48. The zero-order valence-corrected chi connectivity index (χ0v) is 17.9. The molecule has 2 aromatic carbocycles. The average molecular weight is 431 g/mol. The van der Waals surface area contributed by atoms with E-state index >= 15 is 0 Å². The van der Waals surface area contributed by atoms with Gasteiger partial charge in [0.25, 0.3) is 5.91 Å². The molecule has 1 N–H and O–H groups in total. The molecule has 7 nitrogen and oxygen atoms in total. The van der Waals surface area contributed by atoms with Crippen LogP contribution in [-0.2, 0) is 24.3 Å². The first kappa shape index (κ1) is 22.0. The summed E-state index contributed by atoms with van der Waals surface area (Å²) in [5, 5.41) is 2.69. The second-order valence-corrected chi connectivity index (χ2v) is 9.30. The zero-order chi connectivity index (χ0) is 21.7. The Balaban J connectivity index is 1.67. The lowest BCUT2D eigenvalue weighted by atomic mass is 10.1. The number of benzene rings is 2. The second kappa shape index (κ2) is 9.40. The molecule has 0 aromatic heterocycles. The van der Waals surface area contributed by atoms with Crippen LogP contribution in [0.25, 0.3) is 0 Å². The van der Waals surface area contributed by atoms with Crippen LogP contribution in [0.1, 0.15) is 30.4 Å². The van der Waals surface area contributed by atoms with E-state index in [0.29, 0.717) is 18.5 Å². The number of hydrogen-bond donors (Lipinski definition) is 1. The van der Waals surface area contributed by atoms with Crippen LogP contribution < -0.4 is 5.32 Å². The van der Waals surface area contributed by atoms with Crippen molar-refractivity contribution in [3.63, 3.8) is 0 Å². The fraction of sp³-hybridized carbons (Fsp3) is 0.364. The van der Waals surface area contributed by atoms with Gasteiger partial charge in [0.15, 0.2) is 6.61 Å². The summed E-state index contributed by atoms with van der Waals surface area (Å²) in [6.07, 6.45) is 1.75. The van der Waals surface area contributed by atoms with Crippen molar-refractivity contribution in [1.82, 2.24) is 4.31 Å². The number of aryl methyl sites for hydroxylation is 2. The molecule has 1 aliphatic rings. The average Bonchev–Trinajstić information content (AvgIpc) is 2.74. The molecule has 1 atom stereocenters. The molecule has 3 rings (SSSR count). The van der Waals surface area contributed by atoms with E-state index in [-0.39, 0.29) is 11.4 Å². The number of para-hydroxylation sites is 1. The highest BCUT2D eigenvalue weighted by Gasteiger charge is 2.38. The van der Waals surface area contributed by atoms with Crippen molar-refractivity contribution in [1.29, 1.82) is 0 Å². The molecule has 1 heterocycles. The van der Waals surface area contributed by atoms with E-state index in [9.17, 15) is 18.0 Å². The number of ether oxygens (including phenoxy) is 1. The van der Waals surface area contributed by atoms with Gasteiger partial charge < -0.3 is 10.1 Å². The molecule has 8 heteroatoms. The van der Waals surface area contributed by atoms with Crippen molar-refractivity contribution in [3.05, 3.63) is 59.7 Å². The smallest absolute Gasteiger partial charge is 0.324 e. The summed E-state index contributed by atoms with van der Waals surface area (Å²) in [5.41, 5.74) is 2.47. The van der Waals surface area contributed by atoms with Gasteiger partial charge in [0.05, 0.1) is 4.90 Å². The first-order valence-corrected chi connectivity index (χ1v) is 11.3. The minimum absolute atomic E-state index is 0.144. The van der Waals surface area contributed by atoms with E-state index in [2.05, 4.69) is 5.32 Å². The Morgan fingerprint density at radius 1 is 1.07 bits per heavy atom. The zero-order valence-electron chi connectivity index (χ0n) is 17.1. The Hall–Kier alpha value is -2.71. The highest BCUT2D eigenvalue weighted by Crippen LogP contribution is 2.26. The summed E-state index contributed by atoms with van der Waals surface area (Å²) >= 11 is 0. The van der Waals surface area contributed by atoms with Gasteiger partial charge >= 0.3 is 5.97 Å². The third-order valence-electron chi connectivity index (χ3n) is 5.12. The van der Waals surface area contributed by atoms with Gasteiger partial charge in [0, 0.05) is 12.2 Å². The third kappa shape index (κ3) is 5.06. The predicted octanol–water partition coefficient (Wildman–Crippen LogP) is 3.03. The summed E-state index contributed by atoms with van der Waals surface area (Å²) < 4.78 is 32.5. The van der Waals surface area contributed by atoms with Crippen LogP contribution in [0.4, 0.5) is 5.69 Å². The van der Waals surface area contributed by atoms with Crippen molar-refractivity contribution in [2.75, 3.05) is 18.5 Å². The minimum atomic E-state index is -3.83. The van der Waals surface area contributed by atoms with E-state index in [1.165, 1.54) is 16.4 Å². The van der Waals surface area contributed by atoms with Crippen LogP contribution >= 0.6 is 0 Å². The number of anilines is 1. The molecule has 0 bridgehead atoms. The van der Waals surface area contributed by atoms with Gasteiger partial charge in [0.2, 0.25) is 10.0 Å². The van der Waals surface area contributed by atoms with Crippen LogP contribution in [0.2, 0.25) is 0 Å². The van der Waals surface area contributed by atoms with Crippen LogP contribution in [0.15, 0.2) is 53.4 Å². The Morgan fingerprint density at radius 2 is 1.77 bits per heavy atom. The summed E-state index contributed by atoms with van der Waals surface area (Å²) in [4.78, 5) is 25.0. The first-order chi connectivity index (χ1) is 14.3. The molecule has 30 heavy (non-hydrogen) atoms. The molecule has 0 saturated carbocycles. The van der Waals surface area contributed by atoms with E-state index in [1.54, 1.807) is 24.3 Å². The Morgan fingerprint density at radius 3 is 2.47 bits per heavy atom. The Bertz CT molecular complexity index is 1020. The van der Waals surface area contributed by atoms with Gasteiger partial charge in [-0.05, 0) is 56.9 Å². The van der Waals surface area contributed by atoms with Gasteiger partial charge in [-0.15, -0.1) is 0 Å². The van der Waals surface area contributed by atoms with Crippen molar-refractivity contribution >= 4 is 27.6 Å². The molecule has 1 unspecified atom stereocenters. The maximum atomic E-state index is 13.1. The highest BCUT2D eigenvalue weighted by atomic mass is 32.2. The summed E-state index contributed by atoms with van der Waals surface area (Å²) in [6.45, 7) is 3.50. The van der Waals surface area contributed by atoms with Gasteiger partial charge in [-0.25, -0.2) is 8.42 Å². The molecule has 2 aromatic rings. The van der Waals surface area contributed by atoms with Gasteiger partial charge in [-0.3, -0.25) is 9.59 Å². The van der Waals surface area contributed by atoms with E-state index in [0.717, 1.165) is 17.5 Å². The van der Waals surface area contributed by atoms with Crippen molar-refractivity contribution < 1.29 is 22.7 Å². The first-order valence-electron chi connectivity index (χ1n) is 9.89. The summed E-state index contributed by atoms with van der Waals surface area (Å²) in [7, 11) is -3.83. The Kier molecular flexibility index (Phi) is 6.89. The number of rotatable bonds is 6. The van der Waals surface area contributed by atoms with Crippen LogP contribution in [0.5, 0.6) is 0 Å². The SMILES string of the molecule is Cc1ccc(S(=O)(=O)N2CCCCC2C(=O)OCC(=O)Nc2ccccc2C)cc1. The maximum Gasteiger partial charge on any atom is 0.324 e. The topological polar surface area (TPSA) is 92.8 Å². The van der Waals surface area contributed by atoms with Crippen molar-refractivity contribution in [2.24, 2.45) is 0 Å². The van der Waals surface area contributed by atoms with Crippen LogP contribution in [0, 0.1) is 13.8 Å². The lowest BCUT2D eigenvalue weighted by molar-refractivity contribution is -0.152. The summed E-state index contributed by atoms with van der Waals surface area (Å²) in [6, 6.07) is 12.9. The third-order valence-corrected chi connectivity index (χ3v) is 7.04. The number of carbonyl (C=O) groups excluding carboxylic acids is 2. The molecule has 0 radical (unpaired) electrons. The molecule has 1 fully saturated rings. The number of amides is 1. The summed E-state index contributed by atoms with van der Waals surface area (Å²) in [5.74, 6) is -1.17. The molecule has 1 amide bonds. The normalized spacial score (nSPS) is 17.3. The molecule has 160 valence electrons. The molecule has 0 spiro atoms. The number of carbonyl (C=O) groups is 2. The second-order valence-electron chi connectivity index (χ2n) is 7.41. The monoisotopic (exact) mass is 430 g/mol. The largest absolute Gasteiger partial charge is 0.454 e. The predicted molar refractivity (Wildman–Crippen MR) is 113 cm³/mol. The number of esters is 1. The standard InChI is InChI=1S/C22H26N2O5S/c1-16-10-12-18(13-11-16)30(27,28)24-14-6-5-9-20(24)22(26)29-15-21(25)23-19-8-4-3-7-17(19)2/h3-4,7-8,10-13,20H,5-6,9,14-15H2,1-2H3,(H,23,25). The van der Waals surface area contributed by atoms with E-state index < -0.39 is 34.5 Å². The number of nitrogens with one attached hydrogen (secondary N) is 1. The fourth-order valence-electron chi connectivity index (χ4n) is 3.41. The number of nitrogens with zero attached hydrogens (tertiary/aromatic N) is 1. The van der Waals surface area contributed by atoms with Crippen LogP contribution in [0.3, 0.4) is 0 Å². The fourth-order valence-corrected chi connectivity index (χ4v) is 5.05. The van der Waals surface area contributed by atoms with E-state index in [4.69, 9.17) is 4.74 Å². The number of piperidine rings is 1. The molecular weight excluding hydrogens is 404 g/mol. The number of sulfonamides is 1. The quantitative estimate of drug-likeness (QED) is 0.711. The Labute approximate surface area is 177 Å². The lowest BCUT2D eigenvalue weighted by Gasteiger charge is -2.33. The van der Waals surface area contributed by atoms with E-state index in [1.807, 2.05) is 26.0 Å². The minimum Gasteiger partial charge on any atom is -0.454 e. The molecule has 1 saturated heterocycles. The molecule has 0 aliphatic carbocycles. The maximum absolute atomic E-state index is 13.1. The van der Waals surface area contributed by atoms with Gasteiger partial charge in [0.1, 0.15) is 6.04 Å². The van der Waals surface area contributed by atoms with Crippen LogP contribution in [-0.4, -0.2) is 43.8 Å². The van der Waals surface area contributed by atoms with Gasteiger partial charge in [-0.2, -0.15) is 4.31 Å². The highest BCUT2D eigenvalue weighted by molar-refractivity contribution is 7.89. The van der Waals surface area contributed by atoms with Gasteiger partial charge in [-0.1, -0.05) is 35.9 Å². The molecular formula is C22H26N2O5S. The number of hydrogen-bond acceptors (Lipinski definition) is 5. The van der Waals surface area contributed by atoms with Crippen molar-refractivity contribution in [2.45, 2.75) is 44.0 Å².